The van der Waals surface area contributed by atoms with Gasteiger partial charge in [-0.15, -0.1) is 0 Å². The summed E-state index contributed by atoms with van der Waals surface area (Å²) in [7, 11) is 0.611. The maximum Gasteiger partial charge on any atom is 0.223 e. The number of halogens is 1. The molecule has 1 amide bonds. The van der Waals surface area contributed by atoms with Crippen molar-refractivity contribution >= 4 is 32.6 Å². The Balaban J connectivity index is 2.44. The van der Waals surface area contributed by atoms with E-state index < -0.39 is 10.8 Å². The number of amides is 1. The fourth-order valence-electron chi connectivity index (χ4n) is 1.55. The van der Waals surface area contributed by atoms with Gasteiger partial charge in [0, 0.05) is 35.1 Å². The molecule has 1 rings (SSSR count). The molecule has 106 valence electrons. The van der Waals surface area contributed by atoms with Crippen molar-refractivity contribution < 1.29 is 9.00 Å². The van der Waals surface area contributed by atoms with Crippen LogP contribution in [-0.4, -0.2) is 40.9 Å². The summed E-state index contributed by atoms with van der Waals surface area (Å²) in [4.78, 5) is 14.2. The molecule has 0 aliphatic carbocycles. The van der Waals surface area contributed by atoms with E-state index in [9.17, 15) is 9.00 Å². The molecule has 1 unspecified atom stereocenters. The monoisotopic (exact) mass is 346 g/mol. The lowest BCUT2D eigenvalue weighted by atomic mass is 10.3. The predicted molar refractivity (Wildman–Crippen MR) is 81.3 cm³/mol. The second-order valence-corrected chi connectivity index (χ2v) is 6.70. The van der Waals surface area contributed by atoms with Gasteiger partial charge in [-0.2, -0.15) is 0 Å². The Morgan fingerprint density at radius 2 is 2.21 bits per heavy atom. The average Bonchev–Trinajstić information content (AvgIpc) is 2.41. The van der Waals surface area contributed by atoms with E-state index in [4.69, 9.17) is 5.73 Å². The number of carbonyl (C=O) groups is 1. The molecule has 0 spiro atoms. The number of carbonyl (C=O) groups excluding carboxylic acids is 1. The Bertz CT molecular complexity index is 454. The molecule has 0 aliphatic heterocycles. The van der Waals surface area contributed by atoms with Crippen molar-refractivity contribution in [3.05, 3.63) is 28.7 Å². The Morgan fingerprint density at radius 1 is 1.47 bits per heavy atom. The normalized spacial score (nSPS) is 12.2. The molecule has 0 aliphatic rings. The van der Waals surface area contributed by atoms with Crippen LogP contribution in [0.1, 0.15) is 12.8 Å². The van der Waals surface area contributed by atoms with Gasteiger partial charge in [-0.25, -0.2) is 0 Å². The van der Waals surface area contributed by atoms with Crippen molar-refractivity contribution in [2.24, 2.45) is 5.73 Å². The molecule has 1 aromatic carbocycles. The van der Waals surface area contributed by atoms with Crippen molar-refractivity contribution in [3.63, 3.8) is 0 Å². The van der Waals surface area contributed by atoms with Crippen LogP contribution >= 0.6 is 15.9 Å². The largest absolute Gasteiger partial charge is 0.346 e. The molecule has 0 bridgehead atoms. The van der Waals surface area contributed by atoms with E-state index in [2.05, 4.69) is 15.9 Å². The fourth-order valence-corrected chi connectivity index (χ4v) is 3.19. The Morgan fingerprint density at radius 3 is 2.84 bits per heavy atom. The zero-order valence-corrected chi connectivity index (χ0v) is 13.4. The minimum Gasteiger partial charge on any atom is -0.346 e. The summed E-state index contributed by atoms with van der Waals surface area (Å²) in [6, 6.07) is 7.35. The highest BCUT2D eigenvalue weighted by Crippen LogP contribution is 2.15. The quantitative estimate of drug-likeness (QED) is 0.817. The molecule has 0 aromatic heterocycles. The van der Waals surface area contributed by atoms with Gasteiger partial charge in [-0.3, -0.25) is 9.00 Å². The van der Waals surface area contributed by atoms with Gasteiger partial charge in [0.25, 0.3) is 0 Å². The maximum atomic E-state index is 12.0. The topological polar surface area (TPSA) is 63.4 Å². The van der Waals surface area contributed by atoms with Crippen molar-refractivity contribution in [1.82, 2.24) is 4.90 Å². The van der Waals surface area contributed by atoms with Gasteiger partial charge in [0.1, 0.15) is 0 Å². The van der Waals surface area contributed by atoms with E-state index in [1.165, 1.54) is 0 Å². The summed E-state index contributed by atoms with van der Waals surface area (Å²) in [6.45, 7) is 1.22. The minimum absolute atomic E-state index is 0.0109. The van der Waals surface area contributed by atoms with Crippen molar-refractivity contribution in [1.29, 1.82) is 0 Å². The number of hydrogen-bond donors (Lipinski definition) is 1. The van der Waals surface area contributed by atoms with E-state index in [0.717, 1.165) is 15.8 Å². The fraction of sp³-hybridized carbons (Fsp3) is 0.462. The van der Waals surface area contributed by atoms with Crippen LogP contribution in [0.15, 0.2) is 33.6 Å². The number of nitrogens with two attached hydrogens (primary N) is 1. The van der Waals surface area contributed by atoms with E-state index >= 15 is 0 Å². The molecule has 0 heterocycles. The number of benzene rings is 1. The number of nitrogens with zero attached hydrogens (tertiary/aromatic N) is 1. The molecule has 1 atom stereocenters. The van der Waals surface area contributed by atoms with Gasteiger partial charge in [0.15, 0.2) is 0 Å². The van der Waals surface area contributed by atoms with E-state index in [1.807, 2.05) is 24.3 Å². The lowest BCUT2D eigenvalue weighted by Gasteiger charge is -2.16. The zero-order chi connectivity index (χ0) is 14.3. The first-order valence-corrected chi connectivity index (χ1v) is 8.23. The van der Waals surface area contributed by atoms with Crippen LogP contribution < -0.4 is 5.73 Å². The number of hydrogen-bond acceptors (Lipinski definition) is 3. The first-order chi connectivity index (χ1) is 9.04. The zero-order valence-electron chi connectivity index (χ0n) is 11.0. The van der Waals surface area contributed by atoms with E-state index in [-0.39, 0.29) is 5.91 Å². The predicted octanol–water partition coefficient (Wildman–Crippen LogP) is 1.75. The van der Waals surface area contributed by atoms with Crippen LogP contribution in [0, 0.1) is 0 Å². The molecule has 0 fully saturated rings. The Hall–Kier alpha value is -0.720. The van der Waals surface area contributed by atoms with Gasteiger partial charge >= 0.3 is 0 Å². The summed E-state index contributed by atoms with van der Waals surface area (Å²) >= 11 is 3.34. The SMILES string of the molecule is CN(CCCN)C(=O)CCS(=O)c1cccc(Br)c1. The third-order valence-corrected chi connectivity index (χ3v) is 4.53. The molecule has 4 nitrogen and oxygen atoms in total. The summed E-state index contributed by atoms with van der Waals surface area (Å²) in [5.41, 5.74) is 5.40. The van der Waals surface area contributed by atoms with Gasteiger partial charge in [0.2, 0.25) is 5.91 Å². The highest BCUT2D eigenvalue weighted by Gasteiger charge is 2.11. The van der Waals surface area contributed by atoms with E-state index in [0.29, 0.717) is 25.3 Å². The summed E-state index contributed by atoms with van der Waals surface area (Å²) in [5.74, 6) is 0.360. The molecule has 0 saturated heterocycles. The first kappa shape index (κ1) is 16.3. The second-order valence-electron chi connectivity index (χ2n) is 4.21. The molecular formula is C13H19BrN2O2S. The Kier molecular flexibility index (Phi) is 7.27. The Labute approximate surface area is 124 Å². The number of rotatable bonds is 7. The van der Waals surface area contributed by atoms with Crippen molar-refractivity contribution in [3.8, 4) is 0 Å². The molecule has 0 saturated carbocycles. The van der Waals surface area contributed by atoms with Crippen LogP contribution in [0.2, 0.25) is 0 Å². The first-order valence-electron chi connectivity index (χ1n) is 6.12. The average molecular weight is 347 g/mol. The highest BCUT2D eigenvalue weighted by atomic mass is 79.9. The standard InChI is InChI=1S/C13H19BrN2O2S/c1-16(8-3-7-15)13(17)6-9-19(18)12-5-2-4-11(14)10-12/h2,4-5,10H,3,6-9,15H2,1H3. The molecule has 6 heteroatoms. The third kappa shape index (κ3) is 5.84. The minimum atomic E-state index is -1.14. The summed E-state index contributed by atoms with van der Waals surface area (Å²) in [5, 5.41) is 0. The maximum absolute atomic E-state index is 12.0. The van der Waals surface area contributed by atoms with Crippen molar-refractivity contribution in [2.75, 3.05) is 25.9 Å². The van der Waals surface area contributed by atoms with Crippen LogP contribution in [0.4, 0.5) is 0 Å². The van der Waals surface area contributed by atoms with Crippen LogP contribution in [0.5, 0.6) is 0 Å². The summed E-state index contributed by atoms with van der Waals surface area (Å²) in [6.07, 6.45) is 1.08. The van der Waals surface area contributed by atoms with Gasteiger partial charge in [0.05, 0.1) is 10.8 Å². The van der Waals surface area contributed by atoms with Gasteiger partial charge < -0.3 is 10.6 Å². The highest BCUT2D eigenvalue weighted by molar-refractivity contribution is 9.10. The molecular weight excluding hydrogens is 328 g/mol. The third-order valence-electron chi connectivity index (χ3n) is 2.68. The lowest BCUT2D eigenvalue weighted by Crippen LogP contribution is -2.29. The van der Waals surface area contributed by atoms with E-state index in [1.54, 1.807) is 11.9 Å². The smallest absolute Gasteiger partial charge is 0.223 e. The molecule has 2 N–H and O–H groups in total. The molecule has 19 heavy (non-hydrogen) atoms. The van der Waals surface area contributed by atoms with Crippen LogP contribution in [0.3, 0.4) is 0 Å². The summed E-state index contributed by atoms with van der Waals surface area (Å²) < 4.78 is 12.9. The van der Waals surface area contributed by atoms with Gasteiger partial charge in [-0.1, -0.05) is 22.0 Å². The second kappa shape index (κ2) is 8.45. The lowest BCUT2D eigenvalue weighted by molar-refractivity contribution is -0.129. The van der Waals surface area contributed by atoms with Crippen LogP contribution in [-0.2, 0) is 15.6 Å². The van der Waals surface area contributed by atoms with Crippen LogP contribution in [0.25, 0.3) is 0 Å². The molecule has 0 radical (unpaired) electrons. The van der Waals surface area contributed by atoms with Gasteiger partial charge in [-0.05, 0) is 31.2 Å². The molecule has 1 aromatic rings. The van der Waals surface area contributed by atoms with Crippen molar-refractivity contribution in [2.45, 2.75) is 17.7 Å².